The molecular formula is C20H26ClNO4. The fourth-order valence-electron chi connectivity index (χ4n) is 2.60. The van der Waals surface area contributed by atoms with Crippen molar-refractivity contribution in [2.45, 2.75) is 12.6 Å². The monoisotopic (exact) mass is 379 g/mol. The van der Waals surface area contributed by atoms with Gasteiger partial charge >= 0.3 is 0 Å². The summed E-state index contributed by atoms with van der Waals surface area (Å²) in [5.41, 5.74) is 1.07. The number of methoxy groups -OCH3 is 2. The van der Waals surface area contributed by atoms with Crippen LogP contribution in [0, 0.1) is 0 Å². The average Bonchev–Trinajstić information content (AvgIpc) is 2.66. The Labute approximate surface area is 160 Å². The maximum absolute atomic E-state index is 10.4. The van der Waals surface area contributed by atoms with Crippen LogP contribution in [0.15, 0.2) is 48.5 Å². The zero-order valence-electron chi connectivity index (χ0n) is 15.2. The SMILES string of the molecule is COCCN(Cc1ccccc1OC)C[C@H](O)COc1ccc(Cl)cc1. The van der Waals surface area contributed by atoms with E-state index in [9.17, 15) is 5.11 Å². The second kappa shape index (κ2) is 11.0. The van der Waals surface area contributed by atoms with E-state index in [0.29, 0.717) is 37.0 Å². The molecule has 0 heterocycles. The Bertz CT molecular complexity index is 651. The number of hydrogen-bond acceptors (Lipinski definition) is 5. The number of aliphatic hydroxyl groups excluding tert-OH is 1. The van der Waals surface area contributed by atoms with Gasteiger partial charge in [-0.1, -0.05) is 29.8 Å². The predicted molar refractivity (Wildman–Crippen MR) is 103 cm³/mol. The van der Waals surface area contributed by atoms with E-state index < -0.39 is 6.10 Å². The van der Waals surface area contributed by atoms with Crippen molar-refractivity contribution in [1.29, 1.82) is 0 Å². The summed E-state index contributed by atoms with van der Waals surface area (Å²) in [6, 6.07) is 15.0. The van der Waals surface area contributed by atoms with Crippen molar-refractivity contribution in [2.24, 2.45) is 0 Å². The van der Waals surface area contributed by atoms with E-state index in [1.807, 2.05) is 24.3 Å². The van der Waals surface area contributed by atoms with Gasteiger partial charge in [0, 0.05) is 37.3 Å². The van der Waals surface area contributed by atoms with Gasteiger partial charge in [0.15, 0.2) is 0 Å². The summed E-state index contributed by atoms with van der Waals surface area (Å²) in [4.78, 5) is 2.12. The van der Waals surface area contributed by atoms with Gasteiger partial charge < -0.3 is 19.3 Å². The van der Waals surface area contributed by atoms with Crippen LogP contribution in [-0.4, -0.2) is 56.6 Å². The van der Waals surface area contributed by atoms with Gasteiger partial charge in [-0.05, 0) is 30.3 Å². The van der Waals surface area contributed by atoms with E-state index in [4.69, 9.17) is 25.8 Å². The standard InChI is InChI=1S/C20H26ClNO4/c1-24-12-11-22(13-16-5-3-4-6-20(16)25-2)14-18(23)15-26-19-9-7-17(21)8-10-19/h3-10,18,23H,11-15H2,1-2H3/t18-/m0/s1. The van der Waals surface area contributed by atoms with E-state index in [1.165, 1.54) is 0 Å². The van der Waals surface area contributed by atoms with Crippen molar-refractivity contribution in [2.75, 3.05) is 40.5 Å². The third-order valence-corrected chi connectivity index (χ3v) is 4.18. The van der Waals surface area contributed by atoms with Gasteiger partial charge in [0.05, 0.1) is 13.7 Å². The number of rotatable bonds is 11. The summed E-state index contributed by atoms with van der Waals surface area (Å²) in [6.45, 7) is 2.61. The van der Waals surface area contributed by atoms with Crippen molar-refractivity contribution in [1.82, 2.24) is 4.90 Å². The maximum Gasteiger partial charge on any atom is 0.123 e. The van der Waals surface area contributed by atoms with Gasteiger partial charge in [0.1, 0.15) is 24.2 Å². The Morgan fingerprint density at radius 3 is 2.50 bits per heavy atom. The molecule has 0 radical (unpaired) electrons. The van der Waals surface area contributed by atoms with E-state index >= 15 is 0 Å². The third kappa shape index (κ3) is 6.84. The number of aliphatic hydroxyl groups is 1. The number of benzene rings is 2. The highest BCUT2D eigenvalue weighted by molar-refractivity contribution is 6.30. The molecule has 0 aliphatic carbocycles. The summed E-state index contributed by atoms with van der Waals surface area (Å²) < 4.78 is 16.2. The molecule has 2 aromatic carbocycles. The second-order valence-corrected chi connectivity index (χ2v) is 6.39. The molecule has 6 heteroatoms. The van der Waals surface area contributed by atoms with Crippen LogP contribution in [0.3, 0.4) is 0 Å². The highest BCUT2D eigenvalue weighted by Crippen LogP contribution is 2.20. The lowest BCUT2D eigenvalue weighted by molar-refractivity contribution is 0.0539. The van der Waals surface area contributed by atoms with Crippen LogP contribution < -0.4 is 9.47 Å². The van der Waals surface area contributed by atoms with Gasteiger partial charge in [-0.3, -0.25) is 4.90 Å². The zero-order chi connectivity index (χ0) is 18.8. The predicted octanol–water partition coefficient (Wildman–Crippen LogP) is 3.24. The largest absolute Gasteiger partial charge is 0.496 e. The van der Waals surface area contributed by atoms with E-state index in [2.05, 4.69) is 4.90 Å². The van der Waals surface area contributed by atoms with Crippen molar-refractivity contribution < 1.29 is 19.3 Å². The molecule has 0 fully saturated rings. The number of para-hydroxylation sites is 1. The Balaban J connectivity index is 1.92. The first-order valence-corrected chi connectivity index (χ1v) is 8.89. The van der Waals surface area contributed by atoms with Crippen LogP contribution >= 0.6 is 11.6 Å². The molecule has 142 valence electrons. The molecule has 0 unspecified atom stereocenters. The van der Waals surface area contributed by atoms with Gasteiger partial charge in [-0.15, -0.1) is 0 Å². The fraction of sp³-hybridized carbons (Fsp3) is 0.400. The number of ether oxygens (including phenoxy) is 3. The molecule has 0 aromatic heterocycles. The van der Waals surface area contributed by atoms with Crippen LogP contribution in [0.25, 0.3) is 0 Å². The number of halogens is 1. The number of nitrogens with zero attached hydrogens (tertiary/aromatic N) is 1. The molecule has 5 nitrogen and oxygen atoms in total. The maximum atomic E-state index is 10.4. The van der Waals surface area contributed by atoms with Crippen molar-refractivity contribution in [3.05, 3.63) is 59.1 Å². The fourth-order valence-corrected chi connectivity index (χ4v) is 2.73. The minimum absolute atomic E-state index is 0.205. The van der Waals surface area contributed by atoms with E-state index in [0.717, 1.165) is 11.3 Å². The molecule has 26 heavy (non-hydrogen) atoms. The summed E-state index contributed by atoms with van der Waals surface area (Å²) in [7, 11) is 3.33. The Kier molecular flexibility index (Phi) is 8.71. The molecule has 2 rings (SSSR count). The first-order valence-electron chi connectivity index (χ1n) is 8.52. The van der Waals surface area contributed by atoms with Gasteiger partial charge in [0.25, 0.3) is 0 Å². The Morgan fingerprint density at radius 2 is 1.81 bits per heavy atom. The normalized spacial score (nSPS) is 12.2. The van der Waals surface area contributed by atoms with Crippen LogP contribution in [0.4, 0.5) is 0 Å². The molecule has 0 amide bonds. The Morgan fingerprint density at radius 1 is 1.08 bits per heavy atom. The molecule has 1 atom stereocenters. The first-order chi connectivity index (χ1) is 12.6. The molecule has 1 N–H and O–H groups in total. The van der Waals surface area contributed by atoms with Crippen LogP contribution in [0.1, 0.15) is 5.56 Å². The minimum atomic E-state index is -0.628. The molecule has 0 bridgehead atoms. The summed E-state index contributed by atoms with van der Waals surface area (Å²) >= 11 is 5.86. The lowest BCUT2D eigenvalue weighted by atomic mass is 10.1. The molecule has 0 aliphatic rings. The molecular weight excluding hydrogens is 354 g/mol. The minimum Gasteiger partial charge on any atom is -0.496 e. The van der Waals surface area contributed by atoms with Crippen LogP contribution in [-0.2, 0) is 11.3 Å². The molecule has 0 spiro atoms. The average molecular weight is 380 g/mol. The molecule has 0 saturated heterocycles. The third-order valence-electron chi connectivity index (χ3n) is 3.92. The zero-order valence-corrected chi connectivity index (χ0v) is 16.0. The summed E-state index contributed by atoms with van der Waals surface area (Å²) in [5, 5.41) is 11.0. The van der Waals surface area contributed by atoms with Gasteiger partial charge in [-0.25, -0.2) is 0 Å². The van der Waals surface area contributed by atoms with Gasteiger partial charge in [0.2, 0.25) is 0 Å². The van der Waals surface area contributed by atoms with E-state index in [-0.39, 0.29) is 6.61 Å². The number of hydrogen-bond donors (Lipinski definition) is 1. The molecule has 0 aliphatic heterocycles. The smallest absolute Gasteiger partial charge is 0.123 e. The quantitative estimate of drug-likeness (QED) is 0.649. The van der Waals surface area contributed by atoms with Crippen LogP contribution in [0.5, 0.6) is 11.5 Å². The molecule has 2 aromatic rings. The van der Waals surface area contributed by atoms with Crippen molar-refractivity contribution in [3.63, 3.8) is 0 Å². The summed E-state index contributed by atoms with van der Waals surface area (Å²) in [5.74, 6) is 1.52. The summed E-state index contributed by atoms with van der Waals surface area (Å²) in [6.07, 6.45) is -0.628. The Hall–Kier alpha value is -1.79. The van der Waals surface area contributed by atoms with Crippen molar-refractivity contribution >= 4 is 11.6 Å². The second-order valence-electron chi connectivity index (χ2n) is 5.96. The highest BCUT2D eigenvalue weighted by Gasteiger charge is 2.15. The molecule has 0 saturated carbocycles. The lowest BCUT2D eigenvalue weighted by Gasteiger charge is -2.25. The van der Waals surface area contributed by atoms with Crippen molar-refractivity contribution in [3.8, 4) is 11.5 Å². The lowest BCUT2D eigenvalue weighted by Crippen LogP contribution is -2.37. The van der Waals surface area contributed by atoms with E-state index in [1.54, 1.807) is 38.5 Å². The van der Waals surface area contributed by atoms with Crippen LogP contribution in [0.2, 0.25) is 5.02 Å². The topological polar surface area (TPSA) is 51.2 Å². The highest BCUT2D eigenvalue weighted by atomic mass is 35.5. The van der Waals surface area contributed by atoms with Gasteiger partial charge in [-0.2, -0.15) is 0 Å². The first kappa shape index (κ1) is 20.5.